The van der Waals surface area contributed by atoms with Crippen LogP contribution in [0.1, 0.15) is 19.4 Å². The van der Waals surface area contributed by atoms with Gasteiger partial charge in [-0.25, -0.2) is 0 Å². The smallest absolute Gasteiger partial charge is 0.0944 e. The number of hydrogen-bond donors (Lipinski definition) is 2. The average Bonchev–Trinajstić information content (AvgIpc) is 2.30. The summed E-state index contributed by atoms with van der Waals surface area (Å²) in [5.74, 6) is 0. The van der Waals surface area contributed by atoms with Gasteiger partial charge in [-0.15, -0.1) is 0 Å². The van der Waals surface area contributed by atoms with Crippen molar-refractivity contribution >= 4 is 5.69 Å². The third kappa shape index (κ3) is 4.84. The Hall–Kier alpha value is -1.06. The highest BCUT2D eigenvalue weighted by atomic mass is 16.5. The van der Waals surface area contributed by atoms with Gasteiger partial charge < -0.3 is 15.8 Å². The van der Waals surface area contributed by atoms with Crippen LogP contribution in [0.15, 0.2) is 24.3 Å². The lowest BCUT2D eigenvalue weighted by Crippen LogP contribution is -2.04. The molecule has 0 aliphatic carbocycles. The molecule has 3 heteroatoms. The Morgan fingerprint density at radius 1 is 1.21 bits per heavy atom. The largest absolute Gasteiger partial charge is 0.388 e. The lowest BCUT2D eigenvalue weighted by molar-refractivity contribution is 0.127. The van der Waals surface area contributed by atoms with Crippen molar-refractivity contribution in [3.63, 3.8) is 0 Å². The van der Waals surface area contributed by atoms with E-state index in [0.717, 1.165) is 11.3 Å². The molecule has 3 N–H and O–H groups in total. The second kappa shape index (κ2) is 8.53. The van der Waals surface area contributed by atoms with Gasteiger partial charge in [0.05, 0.1) is 13.3 Å². The molecule has 0 bridgehead atoms. The zero-order valence-corrected chi connectivity index (χ0v) is 9.21. The third-order valence-electron chi connectivity index (χ3n) is 1.63. The predicted octanol–water partition coefficient (Wildman–Crippen LogP) is 2.19. The molecule has 0 fully saturated rings. The highest BCUT2D eigenvalue weighted by Crippen LogP contribution is 2.08. The van der Waals surface area contributed by atoms with Crippen LogP contribution in [0.4, 0.5) is 5.69 Å². The minimum Gasteiger partial charge on any atom is -0.388 e. The number of anilines is 1. The minimum absolute atomic E-state index is 0.272. The van der Waals surface area contributed by atoms with Gasteiger partial charge in [0.25, 0.3) is 0 Å². The van der Waals surface area contributed by atoms with Crippen molar-refractivity contribution in [3.8, 4) is 0 Å². The zero-order valence-electron chi connectivity index (χ0n) is 9.21. The van der Waals surface area contributed by atoms with Crippen molar-refractivity contribution in [1.29, 1.82) is 0 Å². The predicted molar refractivity (Wildman–Crippen MR) is 61.2 cm³/mol. The van der Waals surface area contributed by atoms with Gasteiger partial charge in [-0.05, 0) is 17.7 Å². The fourth-order valence-corrected chi connectivity index (χ4v) is 0.944. The molecular weight excluding hydrogens is 176 g/mol. The van der Waals surface area contributed by atoms with Gasteiger partial charge in [0.2, 0.25) is 0 Å². The van der Waals surface area contributed by atoms with E-state index in [1.807, 2.05) is 45.2 Å². The number of ether oxygens (including phenoxy) is 1. The summed E-state index contributed by atoms with van der Waals surface area (Å²) in [6.45, 7) is 4.86. The summed E-state index contributed by atoms with van der Waals surface area (Å²) in [6.07, 6.45) is 0. The second-order valence-electron chi connectivity index (χ2n) is 2.46. The van der Waals surface area contributed by atoms with Crippen LogP contribution < -0.4 is 11.1 Å². The molecule has 0 heterocycles. The van der Waals surface area contributed by atoms with Crippen LogP contribution in [0.2, 0.25) is 0 Å². The van der Waals surface area contributed by atoms with Gasteiger partial charge >= 0.3 is 0 Å². The lowest BCUT2D eigenvalue weighted by Gasteiger charge is -2.03. The quantitative estimate of drug-likeness (QED) is 0.726. The van der Waals surface area contributed by atoms with Crippen LogP contribution in [0, 0.1) is 0 Å². The molecule has 0 saturated heterocycles. The fraction of sp³-hybridized carbons (Fsp3) is 0.455. The molecule has 80 valence electrons. The first kappa shape index (κ1) is 12.9. The molecule has 0 radical (unpaired) electrons. The molecule has 1 rings (SSSR count). The number of nitrogens with one attached hydrogen (secondary N) is 1. The van der Waals surface area contributed by atoms with Crippen molar-refractivity contribution in [2.75, 3.05) is 19.1 Å². The molecule has 0 saturated carbocycles. The molecule has 0 amide bonds. The van der Waals surface area contributed by atoms with Crippen molar-refractivity contribution in [3.05, 3.63) is 29.8 Å². The Balaban J connectivity index is 0.000000791. The Bertz CT molecular complexity index is 221. The summed E-state index contributed by atoms with van der Waals surface area (Å²) in [4.78, 5) is 0. The fourth-order valence-electron chi connectivity index (χ4n) is 0.944. The van der Waals surface area contributed by atoms with Crippen LogP contribution >= 0.6 is 0 Å². The molecule has 1 aromatic rings. The third-order valence-corrected chi connectivity index (χ3v) is 1.63. The van der Waals surface area contributed by atoms with Gasteiger partial charge in [0.1, 0.15) is 0 Å². The molecular formula is C11H20N2O. The maximum atomic E-state index is 5.20. The van der Waals surface area contributed by atoms with Crippen LogP contribution in [0.25, 0.3) is 0 Å². The van der Waals surface area contributed by atoms with Crippen molar-refractivity contribution in [2.45, 2.75) is 20.5 Å². The molecule has 0 spiro atoms. The lowest BCUT2D eigenvalue weighted by atomic mass is 10.2. The standard InChI is InChI=1S/C9H14N2O.C2H6/c1-11-9-4-2-8(3-5-9)6-12-7-10;1-2/h2-5,11H,6-7,10H2,1H3;1-2H3. The first-order chi connectivity index (χ1) is 6.86. The van der Waals surface area contributed by atoms with Crippen molar-refractivity contribution in [1.82, 2.24) is 0 Å². The summed E-state index contributed by atoms with van der Waals surface area (Å²) in [7, 11) is 1.89. The number of nitrogens with two attached hydrogens (primary N) is 1. The van der Waals surface area contributed by atoms with Gasteiger partial charge in [0.15, 0.2) is 0 Å². The van der Waals surface area contributed by atoms with E-state index in [9.17, 15) is 0 Å². The van der Waals surface area contributed by atoms with Crippen molar-refractivity contribution < 1.29 is 4.74 Å². The summed E-state index contributed by atoms with van der Waals surface area (Å²) in [5, 5.41) is 3.04. The molecule has 0 aliphatic heterocycles. The number of hydrogen-bond acceptors (Lipinski definition) is 3. The van der Waals surface area contributed by atoms with E-state index >= 15 is 0 Å². The molecule has 0 unspecified atom stereocenters. The van der Waals surface area contributed by atoms with E-state index in [1.54, 1.807) is 0 Å². The first-order valence-corrected chi connectivity index (χ1v) is 4.91. The van der Waals surface area contributed by atoms with Crippen molar-refractivity contribution in [2.24, 2.45) is 5.73 Å². The van der Waals surface area contributed by atoms with E-state index in [2.05, 4.69) is 5.32 Å². The topological polar surface area (TPSA) is 47.3 Å². The van der Waals surface area contributed by atoms with Gasteiger partial charge in [0, 0.05) is 12.7 Å². The normalized spacial score (nSPS) is 8.86. The minimum atomic E-state index is 0.272. The molecule has 1 aromatic carbocycles. The summed E-state index contributed by atoms with van der Waals surface area (Å²) >= 11 is 0. The average molecular weight is 196 g/mol. The van der Waals surface area contributed by atoms with Gasteiger partial charge in [-0.1, -0.05) is 26.0 Å². The summed E-state index contributed by atoms with van der Waals surface area (Å²) in [5.41, 5.74) is 7.44. The van der Waals surface area contributed by atoms with Crippen LogP contribution in [0.3, 0.4) is 0 Å². The highest BCUT2D eigenvalue weighted by molar-refractivity contribution is 5.43. The molecule has 0 aromatic heterocycles. The van der Waals surface area contributed by atoms with Crippen LogP contribution in [-0.2, 0) is 11.3 Å². The maximum Gasteiger partial charge on any atom is 0.0944 e. The van der Waals surface area contributed by atoms with E-state index in [1.165, 1.54) is 0 Å². The Morgan fingerprint density at radius 2 is 1.79 bits per heavy atom. The van der Waals surface area contributed by atoms with E-state index < -0.39 is 0 Å². The molecule has 0 atom stereocenters. The van der Waals surface area contributed by atoms with Crippen LogP contribution in [0.5, 0.6) is 0 Å². The van der Waals surface area contributed by atoms with E-state index in [4.69, 9.17) is 10.5 Å². The summed E-state index contributed by atoms with van der Waals surface area (Å²) < 4.78 is 5.05. The van der Waals surface area contributed by atoms with Gasteiger partial charge in [-0.2, -0.15) is 0 Å². The Kier molecular flexibility index (Phi) is 7.89. The molecule has 3 nitrogen and oxygen atoms in total. The SMILES string of the molecule is CC.CNc1ccc(COCN)cc1. The zero-order chi connectivity index (χ0) is 10.8. The second-order valence-corrected chi connectivity index (χ2v) is 2.46. The van der Waals surface area contributed by atoms with E-state index in [0.29, 0.717) is 6.61 Å². The maximum absolute atomic E-state index is 5.20. The molecule has 0 aliphatic rings. The van der Waals surface area contributed by atoms with E-state index in [-0.39, 0.29) is 6.73 Å². The first-order valence-electron chi connectivity index (χ1n) is 4.91. The summed E-state index contributed by atoms with van der Waals surface area (Å²) in [6, 6.07) is 8.05. The number of benzene rings is 1. The van der Waals surface area contributed by atoms with Gasteiger partial charge in [-0.3, -0.25) is 0 Å². The highest BCUT2D eigenvalue weighted by Gasteiger charge is 1.91. The van der Waals surface area contributed by atoms with Crippen LogP contribution in [-0.4, -0.2) is 13.8 Å². The Morgan fingerprint density at radius 3 is 2.21 bits per heavy atom. The number of rotatable bonds is 4. The molecule has 14 heavy (non-hydrogen) atoms. The monoisotopic (exact) mass is 196 g/mol. The Labute approximate surface area is 86.3 Å².